The van der Waals surface area contributed by atoms with Gasteiger partial charge in [-0.2, -0.15) is 0 Å². The Bertz CT molecular complexity index is 373. The quantitative estimate of drug-likeness (QED) is 0.757. The first-order valence-electron chi connectivity index (χ1n) is 5.50. The third-order valence-electron chi connectivity index (χ3n) is 2.60. The van der Waals surface area contributed by atoms with Crippen LogP contribution in [-0.2, 0) is 0 Å². The maximum atomic E-state index is 11.7. The van der Waals surface area contributed by atoms with Gasteiger partial charge in [0.1, 0.15) is 0 Å². The number of carbonyl (C=O) groups excluding carboxylic acids is 1. The fraction of sp³-hybridized carbons (Fsp3) is 0.417. The lowest BCUT2D eigenvalue weighted by Gasteiger charge is -2.23. The Balaban J connectivity index is 3.22. The summed E-state index contributed by atoms with van der Waals surface area (Å²) < 4.78 is 0. The van der Waals surface area contributed by atoms with E-state index in [0.717, 1.165) is 18.8 Å². The van der Waals surface area contributed by atoms with Crippen LogP contribution in [0.2, 0.25) is 0 Å². The largest absolute Gasteiger partial charge is 0.399 e. The monoisotopic (exact) mass is 221 g/mol. The molecule has 0 aromatic heterocycles. The summed E-state index contributed by atoms with van der Waals surface area (Å²) >= 11 is 0. The van der Waals surface area contributed by atoms with Gasteiger partial charge in [0.05, 0.1) is 11.3 Å². The number of nitrogens with two attached hydrogens (primary N) is 1. The van der Waals surface area contributed by atoms with Crippen LogP contribution in [0.3, 0.4) is 0 Å². The van der Waals surface area contributed by atoms with E-state index < -0.39 is 0 Å². The molecule has 88 valence electrons. The highest BCUT2D eigenvalue weighted by Gasteiger charge is 2.13. The number of anilines is 2. The molecule has 0 aliphatic heterocycles. The fourth-order valence-corrected chi connectivity index (χ4v) is 1.70. The standard InChI is InChI=1S/C12H19N3O/c1-4-15(5-2)11-8-9(13)6-7-10(11)12(16)14-3/h6-8H,4-5,13H2,1-3H3,(H,14,16). The molecule has 4 heteroatoms. The van der Waals surface area contributed by atoms with E-state index >= 15 is 0 Å². The second kappa shape index (κ2) is 5.39. The summed E-state index contributed by atoms with van der Waals surface area (Å²) in [5, 5.41) is 2.64. The van der Waals surface area contributed by atoms with E-state index in [1.165, 1.54) is 0 Å². The predicted octanol–water partition coefficient (Wildman–Crippen LogP) is 1.47. The van der Waals surface area contributed by atoms with E-state index in [9.17, 15) is 4.79 Å². The molecule has 1 amide bonds. The average Bonchev–Trinajstić information content (AvgIpc) is 2.30. The second-order valence-corrected chi connectivity index (χ2v) is 3.53. The molecule has 3 N–H and O–H groups in total. The minimum atomic E-state index is -0.0816. The number of benzene rings is 1. The van der Waals surface area contributed by atoms with Crippen molar-refractivity contribution in [2.75, 3.05) is 30.8 Å². The minimum Gasteiger partial charge on any atom is -0.399 e. The van der Waals surface area contributed by atoms with E-state index in [2.05, 4.69) is 24.1 Å². The average molecular weight is 221 g/mol. The van der Waals surface area contributed by atoms with Gasteiger partial charge in [0, 0.05) is 25.8 Å². The molecule has 1 aromatic rings. The number of amides is 1. The van der Waals surface area contributed by atoms with Crippen molar-refractivity contribution in [3.8, 4) is 0 Å². The predicted molar refractivity (Wildman–Crippen MR) is 67.8 cm³/mol. The van der Waals surface area contributed by atoms with E-state index in [0.29, 0.717) is 11.3 Å². The summed E-state index contributed by atoms with van der Waals surface area (Å²) in [5.41, 5.74) is 7.99. The number of nitrogen functional groups attached to an aromatic ring is 1. The molecule has 16 heavy (non-hydrogen) atoms. The fourth-order valence-electron chi connectivity index (χ4n) is 1.70. The van der Waals surface area contributed by atoms with Crippen molar-refractivity contribution in [3.05, 3.63) is 23.8 Å². The molecule has 4 nitrogen and oxygen atoms in total. The van der Waals surface area contributed by atoms with Crippen molar-refractivity contribution in [2.45, 2.75) is 13.8 Å². The summed E-state index contributed by atoms with van der Waals surface area (Å²) in [7, 11) is 1.63. The molecule has 1 rings (SSSR count). The van der Waals surface area contributed by atoms with Gasteiger partial charge >= 0.3 is 0 Å². The highest BCUT2D eigenvalue weighted by molar-refractivity contribution is 6.00. The van der Waals surface area contributed by atoms with Crippen molar-refractivity contribution >= 4 is 17.3 Å². The maximum Gasteiger partial charge on any atom is 0.253 e. The Morgan fingerprint density at radius 3 is 2.50 bits per heavy atom. The van der Waals surface area contributed by atoms with Crippen LogP contribution in [0.25, 0.3) is 0 Å². The van der Waals surface area contributed by atoms with Crippen LogP contribution >= 0.6 is 0 Å². The normalized spacial score (nSPS) is 9.94. The highest BCUT2D eigenvalue weighted by Crippen LogP contribution is 2.23. The lowest BCUT2D eigenvalue weighted by Crippen LogP contribution is -2.27. The second-order valence-electron chi connectivity index (χ2n) is 3.53. The maximum absolute atomic E-state index is 11.7. The SMILES string of the molecule is CCN(CC)c1cc(N)ccc1C(=O)NC. The van der Waals surface area contributed by atoms with E-state index in [-0.39, 0.29) is 5.91 Å². The van der Waals surface area contributed by atoms with Crippen LogP contribution in [0, 0.1) is 0 Å². The molecule has 0 spiro atoms. The van der Waals surface area contributed by atoms with Gasteiger partial charge in [-0.25, -0.2) is 0 Å². The molecule has 0 saturated carbocycles. The summed E-state index contributed by atoms with van der Waals surface area (Å²) in [4.78, 5) is 13.8. The number of carbonyl (C=O) groups is 1. The Kier molecular flexibility index (Phi) is 4.17. The Labute approximate surface area is 96.4 Å². The Morgan fingerprint density at radius 2 is 2.00 bits per heavy atom. The zero-order chi connectivity index (χ0) is 12.1. The van der Waals surface area contributed by atoms with Crippen LogP contribution in [0.1, 0.15) is 24.2 Å². The van der Waals surface area contributed by atoms with Crippen molar-refractivity contribution in [1.29, 1.82) is 0 Å². The molecule has 0 unspecified atom stereocenters. The van der Waals surface area contributed by atoms with Crippen molar-refractivity contribution in [3.63, 3.8) is 0 Å². The Morgan fingerprint density at radius 1 is 1.38 bits per heavy atom. The van der Waals surface area contributed by atoms with Gasteiger partial charge in [-0.15, -0.1) is 0 Å². The van der Waals surface area contributed by atoms with Gasteiger partial charge in [-0.05, 0) is 32.0 Å². The summed E-state index contributed by atoms with van der Waals surface area (Å²) in [6.07, 6.45) is 0. The van der Waals surface area contributed by atoms with E-state index in [1.54, 1.807) is 19.2 Å². The van der Waals surface area contributed by atoms with Gasteiger partial charge in [0.15, 0.2) is 0 Å². The van der Waals surface area contributed by atoms with Crippen molar-refractivity contribution in [2.24, 2.45) is 0 Å². The zero-order valence-corrected chi connectivity index (χ0v) is 10.1. The first-order chi connectivity index (χ1) is 7.63. The smallest absolute Gasteiger partial charge is 0.253 e. The molecule has 1 aromatic carbocycles. The molecule has 0 aliphatic rings. The van der Waals surface area contributed by atoms with Crippen molar-refractivity contribution < 1.29 is 4.79 Å². The molecule has 0 saturated heterocycles. The van der Waals surface area contributed by atoms with Gasteiger partial charge in [-0.3, -0.25) is 4.79 Å². The summed E-state index contributed by atoms with van der Waals surface area (Å²) in [6, 6.07) is 5.36. The molecule has 0 aliphatic carbocycles. The van der Waals surface area contributed by atoms with E-state index in [1.807, 2.05) is 6.07 Å². The zero-order valence-electron chi connectivity index (χ0n) is 10.1. The third-order valence-corrected chi connectivity index (χ3v) is 2.60. The highest BCUT2D eigenvalue weighted by atomic mass is 16.1. The van der Waals surface area contributed by atoms with Crippen LogP contribution in [0.15, 0.2) is 18.2 Å². The topological polar surface area (TPSA) is 58.4 Å². The summed E-state index contributed by atoms with van der Waals surface area (Å²) in [5.74, 6) is -0.0816. The molecular weight excluding hydrogens is 202 g/mol. The number of nitrogens with one attached hydrogen (secondary N) is 1. The summed E-state index contributed by atoms with van der Waals surface area (Å²) in [6.45, 7) is 5.81. The van der Waals surface area contributed by atoms with Crippen LogP contribution in [0.4, 0.5) is 11.4 Å². The molecule has 0 fully saturated rings. The van der Waals surface area contributed by atoms with Gasteiger partial charge in [0.2, 0.25) is 0 Å². The van der Waals surface area contributed by atoms with Gasteiger partial charge in [-0.1, -0.05) is 0 Å². The van der Waals surface area contributed by atoms with Crippen LogP contribution < -0.4 is 16.0 Å². The molecule has 0 heterocycles. The number of nitrogens with zero attached hydrogens (tertiary/aromatic N) is 1. The lowest BCUT2D eigenvalue weighted by atomic mass is 10.1. The molecule has 0 atom stereocenters. The van der Waals surface area contributed by atoms with Gasteiger partial charge in [0.25, 0.3) is 5.91 Å². The van der Waals surface area contributed by atoms with Crippen molar-refractivity contribution in [1.82, 2.24) is 5.32 Å². The molecule has 0 bridgehead atoms. The molecule has 0 radical (unpaired) electrons. The first kappa shape index (κ1) is 12.4. The third kappa shape index (κ3) is 2.45. The van der Waals surface area contributed by atoms with Crippen LogP contribution in [-0.4, -0.2) is 26.0 Å². The Hall–Kier alpha value is -1.71. The first-order valence-corrected chi connectivity index (χ1v) is 5.50. The van der Waals surface area contributed by atoms with E-state index in [4.69, 9.17) is 5.73 Å². The number of rotatable bonds is 4. The minimum absolute atomic E-state index is 0.0816. The van der Waals surface area contributed by atoms with Crippen LogP contribution in [0.5, 0.6) is 0 Å². The molecular formula is C12H19N3O. The lowest BCUT2D eigenvalue weighted by molar-refractivity contribution is 0.0963. The number of hydrogen-bond acceptors (Lipinski definition) is 3. The number of hydrogen-bond donors (Lipinski definition) is 2. The van der Waals surface area contributed by atoms with Gasteiger partial charge < -0.3 is 16.0 Å².